The average Bonchev–Trinajstić information content (AvgIpc) is 3.17. The lowest BCUT2D eigenvalue weighted by Crippen LogP contribution is -2.38. The van der Waals surface area contributed by atoms with E-state index in [1.165, 1.54) is 31.2 Å². The van der Waals surface area contributed by atoms with Crippen molar-refractivity contribution in [3.05, 3.63) is 70.0 Å². The second-order valence-electron chi connectivity index (χ2n) is 8.15. The molecule has 1 amide bonds. The number of aromatic amines is 1. The summed E-state index contributed by atoms with van der Waals surface area (Å²) >= 11 is 0. The Morgan fingerprint density at radius 3 is 2.53 bits per heavy atom. The number of pyridine rings is 1. The Hall–Kier alpha value is -3.18. The van der Waals surface area contributed by atoms with E-state index in [9.17, 15) is 31.2 Å². The van der Waals surface area contributed by atoms with Gasteiger partial charge in [-0.25, -0.2) is 13.1 Å². The highest BCUT2D eigenvalue weighted by Gasteiger charge is 2.35. The number of nitrogens with one attached hydrogen (secondary N) is 3. The third-order valence-corrected chi connectivity index (χ3v) is 7.27. The molecule has 1 aliphatic rings. The van der Waals surface area contributed by atoms with Gasteiger partial charge in [0, 0.05) is 29.2 Å². The molecule has 0 aliphatic carbocycles. The van der Waals surface area contributed by atoms with Gasteiger partial charge in [0.05, 0.1) is 17.2 Å². The molecule has 1 saturated heterocycles. The minimum Gasteiger partial charge on any atom is -0.351 e. The molecule has 0 spiro atoms. The lowest BCUT2D eigenvalue weighted by molar-refractivity contribution is -0.137. The number of fused-ring (bicyclic) bond motifs is 1. The Kier molecular flexibility index (Phi) is 6.26. The molecule has 11 heteroatoms. The lowest BCUT2D eigenvalue weighted by atomic mass is 9.93. The molecular weight excluding hydrogens is 471 g/mol. The van der Waals surface area contributed by atoms with E-state index < -0.39 is 39.3 Å². The molecule has 34 heavy (non-hydrogen) atoms. The van der Waals surface area contributed by atoms with Gasteiger partial charge in [0.1, 0.15) is 0 Å². The van der Waals surface area contributed by atoms with Crippen molar-refractivity contribution < 1.29 is 26.4 Å². The van der Waals surface area contributed by atoms with Gasteiger partial charge in [-0.3, -0.25) is 9.59 Å². The molecule has 3 N–H and O–H groups in total. The van der Waals surface area contributed by atoms with Crippen molar-refractivity contribution in [3.63, 3.8) is 0 Å². The van der Waals surface area contributed by atoms with Crippen molar-refractivity contribution in [3.8, 4) is 11.3 Å². The molecular formula is C23H22F3N3O4S. The minimum atomic E-state index is -4.58. The van der Waals surface area contributed by atoms with E-state index in [-0.39, 0.29) is 34.8 Å². The third-order valence-electron chi connectivity index (χ3n) is 5.91. The molecule has 7 nitrogen and oxygen atoms in total. The fraction of sp³-hybridized carbons (Fsp3) is 0.304. The van der Waals surface area contributed by atoms with E-state index in [2.05, 4.69) is 15.0 Å². The Morgan fingerprint density at radius 2 is 1.82 bits per heavy atom. The average molecular weight is 494 g/mol. The van der Waals surface area contributed by atoms with Crippen LogP contribution in [0, 0.1) is 0 Å². The van der Waals surface area contributed by atoms with Crippen molar-refractivity contribution in [2.75, 3.05) is 12.3 Å². The van der Waals surface area contributed by atoms with Crippen molar-refractivity contribution in [2.45, 2.75) is 31.5 Å². The summed E-state index contributed by atoms with van der Waals surface area (Å²) in [5.74, 6) is -0.933. The van der Waals surface area contributed by atoms with Gasteiger partial charge >= 0.3 is 6.18 Å². The summed E-state index contributed by atoms with van der Waals surface area (Å²) in [7, 11) is -3.40. The van der Waals surface area contributed by atoms with Gasteiger partial charge in [-0.2, -0.15) is 13.2 Å². The molecule has 2 heterocycles. The zero-order valence-corrected chi connectivity index (χ0v) is 18.9. The summed E-state index contributed by atoms with van der Waals surface area (Å²) in [5.41, 5.74) is -0.948. The highest BCUT2D eigenvalue weighted by atomic mass is 32.2. The molecule has 0 saturated carbocycles. The fourth-order valence-corrected chi connectivity index (χ4v) is 4.77. The van der Waals surface area contributed by atoms with E-state index in [0.29, 0.717) is 17.4 Å². The molecule has 3 aromatic rings. The molecule has 1 fully saturated rings. The summed E-state index contributed by atoms with van der Waals surface area (Å²) < 4.78 is 66.0. The van der Waals surface area contributed by atoms with Crippen LogP contribution in [0.2, 0.25) is 0 Å². The molecule has 0 bridgehead atoms. The molecule has 0 radical (unpaired) electrons. The van der Waals surface area contributed by atoms with Crippen LogP contribution in [-0.4, -0.2) is 37.6 Å². The summed E-state index contributed by atoms with van der Waals surface area (Å²) in [6.45, 7) is 1.58. The second kappa shape index (κ2) is 8.88. The van der Waals surface area contributed by atoms with Gasteiger partial charge in [0.15, 0.2) is 0 Å². The van der Waals surface area contributed by atoms with Gasteiger partial charge in [-0.1, -0.05) is 30.3 Å². The number of carbonyl (C=O) groups is 1. The Bertz CT molecular complexity index is 1420. The first kappa shape index (κ1) is 24.0. The van der Waals surface area contributed by atoms with Crippen molar-refractivity contribution in [1.29, 1.82) is 0 Å². The topological polar surface area (TPSA) is 108 Å². The summed E-state index contributed by atoms with van der Waals surface area (Å²) in [4.78, 5) is 27.8. The first-order valence-electron chi connectivity index (χ1n) is 10.6. The number of hydrogen-bond donors (Lipinski definition) is 3. The third kappa shape index (κ3) is 4.85. The van der Waals surface area contributed by atoms with Gasteiger partial charge < -0.3 is 10.3 Å². The Balaban J connectivity index is 1.64. The van der Waals surface area contributed by atoms with E-state index in [1.807, 2.05) is 0 Å². The summed E-state index contributed by atoms with van der Waals surface area (Å²) in [6.07, 6.45) is -4.24. The predicted molar refractivity (Wildman–Crippen MR) is 122 cm³/mol. The van der Waals surface area contributed by atoms with Crippen LogP contribution >= 0.6 is 0 Å². The predicted octanol–water partition coefficient (Wildman–Crippen LogP) is 3.13. The van der Waals surface area contributed by atoms with E-state index >= 15 is 0 Å². The fourth-order valence-electron chi connectivity index (χ4n) is 4.11. The quantitative estimate of drug-likeness (QED) is 0.490. The largest absolute Gasteiger partial charge is 0.417 e. The van der Waals surface area contributed by atoms with Crippen LogP contribution in [0.25, 0.3) is 22.0 Å². The Labute approximate surface area is 193 Å². The van der Waals surface area contributed by atoms with E-state index in [1.54, 1.807) is 18.2 Å². The zero-order chi connectivity index (χ0) is 24.7. The first-order valence-corrected chi connectivity index (χ1v) is 12.2. The molecule has 1 aliphatic heterocycles. The first-order chi connectivity index (χ1) is 16.0. The number of benzene rings is 2. The van der Waals surface area contributed by atoms with E-state index in [0.717, 1.165) is 6.07 Å². The van der Waals surface area contributed by atoms with Gasteiger partial charge in [0.2, 0.25) is 15.9 Å². The number of halogens is 3. The van der Waals surface area contributed by atoms with Crippen molar-refractivity contribution in [2.24, 2.45) is 0 Å². The summed E-state index contributed by atoms with van der Waals surface area (Å²) in [5, 5.41) is 3.43. The maximum atomic E-state index is 13.4. The molecule has 2 atom stereocenters. The summed E-state index contributed by atoms with van der Waals surface area (Å²) in [6, 6.07) is 10.9. The number of carbonyl (C=O) groups excluding carboxylic acids is 1. The van der Waals surface area contributed by atoms with Crippen LogP contribution in [0.15, 0.2) is 53.3 Å². The van der Waals surface area contributed by atoms with Crippen LogP contribution in [0.5, 0.6) is 0 Å². The van der Waals surface area contributed by atoms with Crippen LogP contribution in [0.4, 0.5) is 13.2 Å². The lowest BCUT2D eigenvalue weighted by Gasteiger charge is -2.14. The van der Waals surface area contributed by atoms with Crippen molar-refractivity contribution >= 4 is 26.7 Å². The second-order valence-corrected chi connectivity index (χ2v) is 10.2. The molecule has 180 valence electrons. The standard InChI is InChI=1S/C23H22F3N3O4S/c1-2-34(32,33)27-12-15-11-18(21(30)28-15)13-7-8-14-10-20(29-22(31)17(14)9-13)16-5-3-4-6-19(16)23(24,25)26/h3-10,15,18,27H,2,11-12H2,1H3,(H,28,30)(H,29,31)/t15?,18-/m1/s1. The maximum absolute atomic E-state index is 13.4. The van der Waals surface area contributed by atoms with E-state index in [4.69, 9.17) is 0 Å². The maximum Gasteiger partial charge on any atom is 0.417 e. The number of sulfonamides is 1. The minimum absolute atomic E-state index is 0.0417. The number of H-pyrrole nitrogens is 1. The number of amides is 1. The van der Waals surface area contributed by atoms with Crippen LogP contribution in [0.3, 0.4) is 0 Å². The Morgan fingerprint density at radius 1 is 1.09 bits per heavy atom. The highest BCUT2D eigenvalue weighted by Crippen LogP contribution is 2.37. The van der Waals surface area contributed by atoms with Gasteiger partial charge in [-0.15, -0.1) is 0 Å². The van der Waals surface area contributed by atoms with Gasteiger partial charge in [-0.05, 0) is 42.5 Å². The van der Waals surface area contributed by atoms with Crippen LogP contribution in [-0.2, 0) is 21.0 Å². The number of aromatic nitrogens is 1. The molecule has 4 rings (SSSR count). The molecule has 1 aromatic heterocycles. The highest BCUT2D eigenvalue weighted by molar-refractivity contribution is 7.89. The monoisotopic (exact) mass is 493 g/mol. The SMILES string of the molecule is CCS(=O)(=O)NCC1C[C@H](c2ccc3cc(-c4ccccc4C(F)(F)F)[nH]c(=O)c3c2)C(=O)N1. The number of hydrogen-bond acceptors (Lipinski definition) is 4. The van der Waals surface area contributed by atoms with Crippen LogP contribution in [0.1, 0.15) is 30.4 Å². The zero-order valence-electron chi connectivity index (χ0n) is 18.1. The normalized spacial score (nSPS) is 18.9. The number of rotatable bonds is 6. The molecule has 1 unspecified atom stereocenters. The van der Waals surface area contributed by atoms with Gasteiger partial charge in [0.25, 0.3) is 5.56 Å². The number of alkyl halides is 3. The van der Waals surface area contributed by atoms with Crippen LogP contribution < -0.4 is 15.6 Å². The smallest absolute Gasteiger partial charge is 0.351 e. The van der Waals surface area contributed by atoms with Crippen molar-refractivity contribution in [1.82, 2.24) is 15.0 Å². The molecule has 2 aromatic carbocycles.